The predicted molar refractivity (Wildman–Crippen MR) is 80.5 cm³/mol. The molecule has 0 bridgehead atoms. The summed E-state index contributed by atoms with van der Waals surface area (Å²) >= 11 is 0. The van der Waals surface area contributed by atoms with Crippen molar-refractivity contribution in [3.63, 3.8) is 0 Å². The van der Waals surface area contributed by atoms with Crippen LogP contribution in [0.1, 0.15) is 25.0 Å². The molecule has 106 valence electrons. The first-order chi connectivity index (χ1) is 8.93. The van der Waals surface area contributed by atoms with Gasteiger partial charge in [-0.05, 0) is 51.1 Å². The molecule has 0 saturated heterocycles. The van der Waals surface area contributed by atoms with Gasteiger partial charge in [-0.3, -0.25) is 4.79 Å². The van der Waals surface area contributed by atoms with Crippen molar-refractivity contribution >= 4 is 11.6 Å². The van der Waals surface area contributed by atoms with Crippen LogP contribution in [0.25, 0.3) is 0 Å². The highest BCUT2D eigenvalue weighted by Gasteiger charge is 2.09. The van der Waals surface area contributed by atoms with E-state index in [1.165, 1.54) is 11.1 Å². The van der Waals surface area contributed by atoms with E-state index < -0.39 is 0 Å². The molecule has 0 aliphatic carbocycles. The summed E-state index contributed by atoms with van der Waals surface area (Å²) in [5.41, 5.74) is 3.59. The lowest BCUT2D eigenvalue weighted by molar-refractivity contribution is -0.120. The average Bonchev–Trinajstić information content (AvgIpc) is 2.30. The summed E-state index contributed by atoms with van der Waals surface area (Å²) in [6.07, 6.45) is 0. The van der Waals surface area contributed by atoms with Crippen LogP contribution in [-0.4, -0.2) is 32.6 Å². The van der Waals surface area contributed by atoms with E-state index in [4.69, 9.17) is 0 Å². The maximum Gasteiger partial charge on any atom is 0.239 e. The number of carbonyl (C=O) groups excluding carboxylic acids is 1. The molecular weight excluding hydrogens is 238 g/mol. The van der Waals surface area contributed by atoms with Crippen molar-refractivity contribution in [2.45, 2.75) is 33.4 Å². The number of likely N-dealkylation sites (N-methyl/N-ethyl adjacent to an activating group) is 1. The van der Waals surface area contributed by atoms with Crippen molar-refractivity contribution in [1.82, 2.24) is 10.6 Å². The van der Waals surface area contributed by atoms with Gasteiger partial charge in [0, 0.05) is 25.3 Å². The molecule has 0 aliphatic heterocycles. The van der Waals surface area contributed by atoms with E-state index in [0.29, 0.717) is 6.54 Å². The number of nitrogens with zero attached hydrogens (tertiary/aromatic N) is 1. The molecule has 0 spiro atoms. The molecule has 0 heterocycles. The molecule has 2 N–H and O–H groups in total. The van der Waals surface area contributed by atoms with Crippen LogP contribution in [0, 0.1) is 6.92 Å². The Bertz CT molecular complexity index is 429. The third-order valence-corrected chi connectivity index (χ3v) is 2.96. The van der Waals surface area contributed by atoms with E-state index in [1.54, 1.807) is 0 Å². The SMILES string of the molecule is CNCc1ccc(N(C)CC(=O)NC(C)C)cc1C. The highest BCUT2D eigenvalue weighted by molar-refractivity contribution is 5.81. The highest BCUT2D eigenvalue weighted by atomic mass is 16.2. The van der Waals surface area contributed by atoms with Crippen LogP contribution in [0.2, 0.25) is 0 Å². The van der Waals surface area contributed by atoms with E-state index in [1.807, 2.05) is 32.8 Å². The predicted octanol–water partition coefficient (Wildman–Crippen LogP) is 1.68. The Labute approximate surface area is 116 Å². The zero-order valence-corrected chi connectivity index (χ0v) is 12.6. The van der Waals surface area contributed by atoms with Gasteiger partial charge in [0.2, 0.25) is 5.91 Å². The zero-order valence-electron chi connectivity index (χ0n) is 12.6. The molecule has 0 atom stereocenters. The molecule has 1 aromatic rings. The van der Waals surface area contributed by atoms with Gasteiger partial charge >= 0.3 is 0 Å². The number of nitrogens with one attached hydrogen (secondary N) is 2. The van der Waals surface area contributed by atoms with Crippen LogP contribution in [0.15, 0.2) is 18.2 Å². The van der Waals surface area contributed by atoms with Gasteiger partial charge in [0.1, 0.15) is 0 Å². The van der Waals surface area contributed by atoms with Gasteiger partial charge in [0.05, 0.1) is 6.54 Å². The van der Waals surface area contributed by atoms with Crippen molar-refractivity contribution in [3.8, 4) is 0 Å². The molecule has 4 nitrogen and oxygen atoms in total. The number of rotatable bonds is 6. The van der Waals surface area contributed by atoms with E-state index >= 15 is 0 Å². The van der Waals surface area contributed by atoms with Crippen LogP contribution in [0.3, 0.4) is 0 Å². The highest BCUT2D eigenvalue weighted by Crippen LogP contribution is 2.18. The Balaban J connectivity index is 2.69. The van der Waals surface area contributed by atoms with Crippen molar-refractivity contribution < 1.29 is 4.79 Å². The van der Waals surface area contributed by atoms with Crippen molar-refractivity contribution in [2.24, 2.45) is 0 Å². The monoisotopic (exact) mass is 263 g/mol. The Kier molecular flexibility index (Phi) is 5.83. The fraction of sp³-hybridized carbons (Fsp3) is 0.533. The second-order valence-corrected chi connectivity index (χ2v) is 5.22. The van der Waals surface area contributed by atoms with Crippen LogP contribution < -0.4 is 15.5 Å². The Hall–Kier alpha value is -1.55. The third-order valence-electron chi connectivity index (χ3n) is 2.96. The summed E-state index contributed by atoms with van der Waals surface area (Å²) in [6, 6.07) is 6.47. The lowest BCUT2D eigenvalue weighted by Crippen LogP contribution is -2.38. The van der Waals surface area contributed by atoms with E-state index in [9.17, 15) is 4.79 Å². The van der Waals surface area contributed by atoms with Crippen LogP contribution >= 0.6 is 0 Å². The molecule has 0 fully saturated rings. The maximum absolute atomic E-state index is 11.7. The molecule has 0 aliphatic rings. The van der Waals surface area contributed by atoms with Crippen molar-refractivity contribution in [1.29, 1.82) is 0 Å². The summed E-state index contributed by atoms with van der Waals surface area (Å²) in [4.78, 5) is 13.7. The first kappa shape index (κ1) is 15.5. The summed E-state index contributed by atoms with van der Waals surface area (Å²) < 4.78 is 0. The second-order valence-electron chi connectivity index (χ2n) is 5.22. The number of anilines is 1. The molecule has 0 saturated carbocycles. The average molecular weight is 263 g/mol. The van der Waals surface area contributed by atoms with Gasteiger partial charge in [-0.2, -0.15) is 0 Å². The standard InChI is InChI=1S/C15H25N3O/c1-11(2)17-15(19)10-18(5)14-7-6-13(9-16-4)12(3)8-14/h6-8,11,16H,9-10H2,1-5H3,(H,17,19). The molecule has 0 radical (unpaired) electrons. The lowest BCUT2D eigenvalue weighted by atomic mass is 10.1. The van der Waals surface area contributed by atoms with Gasteiger partial charge in [0.15, 0.2) is 0 Å². The third kappa shape index (κ3) is 4.91. The first-order valence-corrected chi connectivity index (χ1v) is 6.68. The van der Waals surface area contributed by atoms with Gasteiger partial charge in [-0.1, -0.05) is 6.07 Å². The first-order valence-electron chi connectivity index (χ1n) is 6.68. The van der Waals surface area contributed by atoms with E-state index in [2.05, 4.69) is 35.8 Å². The quantitative estimate of drug-likeness (QED) is 0.820. The molecule has 1 aromatic carbocycles. The number of hydrogen-bond donors (Lipinski definition) is 2. The second kappa shape index (κ2) is 7.14. The Morgan fingerprint density at radius 3 is 2.58 bits per heavy atom. The largest absolute Gasteiger partial charge is 0.365 e. The number of carbonyl (C=O) groups is 1. The van der Waals surface area contributed by atoms with Gasteiger partial charge in [0.25, 0.3) is 0 Å². The van der Waals surface area contributed by atoms with Crippen molar-refractivity contribution in [2.75, 3.05) is 25.5 Å². The Morgan fingerprint density at radius 1 is 1.37 bits per heavy atom. The van der Waals surface area contributed by atoms with E-state index in [0.717, 1.165) is 12.2 Å². The Morgan fingerprint density at radius 2 is 2.05 bits per heavy atom. The number of amides is 1. The zero-order chi connectivity index (χ0) is 14.4. The lowest BCUT2D eigenvalue weighted by Gasteiger charge is -2.21. The molecule has 4 heteroatoms. The van der Waals surface area contributed by atoms with Crippen molar-refractivity contribution in [3.05, 3.63) is 29.3 Å². The summed E-state index contributed by atoms with van der Waals surface area (Å²) in [5, 5.41) is 6.05. The number of hydrogen-bond acceptors (Lipinski definition) is 3. The number of aryl methyl sites for hydroxylation is 1. The van der Waals surface area contributed by atoms with Crippen LogP contribution in [0.4, 0.5) is 5.69 Å². The molecule has 1 rings (SSSR count). The minimum Gasteiger partial charge on any atom is -0.365 e. The smallest absolute Gasteiger partial charge is 0.239 e. The molecule has 1 amide bonds. The minimum atomic E-state index is 0.0504. The normalized spacial score (nSPS) is 10.6. The fourth-order valence-corrected chi connectivity index (χ4v) is 1.98. The minimum absolute atomic E-state index is 0.0504. The van der Waals surface area contributed by atoms with Gasteiger partial charge in [-0.25, -0.2) is 0 Å². The molecule has 0 unspecified atom stereocenters. The topological polar surface area (TPSA) is 44.4 Å². The van der Waals surface area contributed by atoms with Gasteiger partial charge in [-0.15, -0.1) is 0 Å². The molecular formula is C15H25N3O. The molecule has 0 aromatic heterocycles. The number of benzene rings is 1. The summed E-state index contributed by atoms with van der Waals surface area (Å²) in [7, 11) is 3.88. The van der Waals surface area contributed by atoms with Crippen LogP contribution in [0.5, 0.6) is 0 Å². The molecule has 19 heavy (non-hydrogen) atoms. The summed E-state index contributed by atoms with van der Waals surface area (Å²) in [5.74, 6) is 0.0504. The van der Waals surface area contributed by atoms with E-state index in [-0.39, 0.29) is 11.9 Å². The summed E-state index contributed by atoms with van der Waals surface area (Å²) in [6.45, 7) is 7.27. The van der Waals surface area contributed by atoms with Gasteiger partial charge < -0.3 is 15.5 Å². The fourth-order valence-electron chi connectivity index (χ4n) is 1.98. The van der Waals surface area contributed by atoms with Crippen LogP contribution in [-0.2, 0) is 11.3 Å². The maximum atomic E-state index is 11.7.